The summed E-state index contributed by atoms with van der Waals surface area (Å²) in [5.74, 6) is -0.0955. The third-order valence-corrected chi connectivity index (χ3v) is 8.14. The number of nitrogens with one attached hydrogen (secondary N) is 1. The van der Waals surface area contributed by atoms with Crippen LogP contribution in [-0.2, 0) is 4.79 Å². The number of rotatable bonds is 33. The lowest BCUT2D eigenvalue weighted by molar-refractivity contribution is -0.123. The third-order valence-electron chi connectivity index (χ3n) is 8.14. The monoisotopic (exact) mass is 640 g/mol. The summed E-state index contributed by atoms with van der Waals surface area (Å²) < 4.78 is 0. The van der Waals surface area contributed by atoms with Crippen LogP contribution in [0, 0.1) is 0 Å². The molecule has 0 heterocycles. The lowest BCUT2D eigenvalue weighted by Gasteiger charge is -2.19. The van der Waals surface area contributed by atoms with Crippen molar-refractivity contribution in [3.63, 3.8) is 0 Å². The van der Waals surface area contributed by atoms with Crippen LogP contribution in [-0.4, -0.2) is 34.9 Å². The number of aliphatic hydroxyl groups excluding tert-OH is 2. The Morgan fingerprint density at radius 1 is 0.522 bits per heavy atom. The number of hydrogen-bond donors (Lipinski definition) is 3. The second kappa shape index (κ2) is 37.3. The van der Waals surface area contributed by atoms with Gasteiger partial charge in [-0.3, -0.25) is 4.79 Å². The molecule has 4 nitrogen and oxygen atoms in total. The molecule has 0 spiro atoms. The van der Waals surface area contributed by atoms with Gasteiger partial charge in [0, 0.05) is 6.42 Å². The summed E-state index contributed by atoms with van der Waals surface area (Å²) in [6.07, 6.45) is 52.7. The van der Waals surface area contributed by atoms with E-state index in [-0.39, 0.29) is 12.5 Å². The SMILES string of the molecule is CCCCC/C=C/CC/C=C/CC/C=C/C(O)C(CO)NC(=O)CCCCCCCC/C=C\C/C=C\C/C=C\CCCCCCC. The quantitative estimate of drug-likeness (QED) is 0.0494. The molecule has 0 fully saturated rings. The molecule has 0 saturated carbocycles. The van der Waals surface area contributed by atoms with E-state index in [2.05, 4.69) is 79.9 Å². The largest absolute Gasteiger partial charge is 0.394 e. The number of aliphatic hydroxyl groups is 2. The van der Waals surface area contributed by atoms with Gasteiger partial charge in [0.1, 0.15) is 0 Å². The lowest BCUT2D eigenvalue weighted by atomic mass is 10.1. The Morgan fingerprint density at radius 2 is 0.913 bits per heavy atom. The van der Waals surface area contributed by atoms with Gasteiger partial charge in [0.2, 0.25) is 5.91 Å². The van der Waals surface area contributed by atoms with E-state index in [1.165, 1.54) is 83.5 Å². The van der Waals surface area contributed by atoms with Gasteiger partial charge in [-0.15, -0.1) is 0 Å². The Labute approximate surface area is 285 Å². The van der Waals surface area contributed by atoms with Crippen molar-refractivity contribution in [2.24, 2.45) is 0 Å². The fourth-order valence-electron chi connectivity index (χ4n) is 5.15. The van der Waals surface area contributed by atoms with Crippen LogP contribution in [0.15, 0.2) is 72.9 Å². The minimum absolute atomic E-state index is 0.0955. The van der Waals surface area contributed by atoms with E-state index < -0.39 is 12.1 Å². The summed E-state index contributed by atoms with van der Waals surface area (Å²) >= 11 is 0. The number of carbonyl (C=O) groups is 1. The fraction of sp³-hybridized carbons (Fsp3) is 0.690. The summed E-state index contributed by atoms with van der Waals surface area (Å²) in [5, 5.41) is 22.8. The van der Waals surface area contributed by atoms with Crippen molar-refractivity contribution in [1.29, 1.82) is 0 Å². The van der Waals surface area contributed by atoms with Crippen LogP contribution in [0.5, 0.6) is 0 Å². The highest BCUT2D eigenvalue weighted by molar-refractivity contribution is 5.76. The maximum Gasteiger partial charge on any atom is 0.220 e. The molecule has 2 atom stereocenters. The second-order valence-electron chi connectivity index (χ2n) is 12.6. The number of hydrogen-bond acceptors (Lipinski definition) is 3. The van der Waals surface area contributed by atoms with Gasteiger partial charge in [-0.2, -0.15) is 0 Å². The second-order valence-corrected chi connectivity index (χ2v) is 12.6. The molecule has 46 heavy (non-hydrogen) atoms. The van der Waals surface area contributed by atoms with Crippen LogP contribution in [0.3, 0.4) is 0 Å². The molecule has 0 aromatic carbocycles. The average Bonchev–Trinajstić information content (AvgIpc) is 3.06. The number of allylic oxidation sites excluding steroid dienone is 11. The van der Waals surface area contributed by atoms with Crippen LogP contribution in [0.25, 0.3) is 0 Å². The van der Waals surface area contributed by atoms with Crippen LogP contribution < -0.4 is 5.32 Å². The van der Waals surface area contributed by atoms with Crippen molar-refractivity contribution in [3.8, 4) is 0 Å². The van der Waals surface area contributed by atoms with Gasteiger partial charge in [-0.1, -0.05) is 151 Å². The Morgan fingerprint density at radius 3 is 1.46 bits per heavy atom. The van der Waals surface area contributed by atoms with Crippen molar-refractivity contribution in [2.75, 3.05) is 6.61 Å². The van der Waals surface area contributed by atoms with Crippen LogP contribution in [0.2, 0.25) is 0 Å². The molecule has 0 aliphatic heterocycles. The zero-order valence-corrected chi connectivity index (χ0v) is 30.1. The Hall–Kier alpha value is -2.17. The molecule has 0 aliphatic carbocycles. The van der Waals surface area contributed by atoms with Gasteiger partial charge in [-0.25, -0.2) is 0 Å². The first-order valence-corrected chi connectivity index (χ1v) is 19.2. The van der Waals surface area contributed by atoms with Crippen molar-refractivity contribution < 1.29 is 15.0 Å². The van der Waals surface area contributed by atoms with E-state index in [0.29, 0.717) is 6.42 Å². The highest BCUT2D eigenvalue weighted by Gasteiger charge is 2.17. The van der Waals surface area contributed by atoms with Gasteiger partial charge in [0.05, 0.1) is 18.8 Å². The molecule has 3 N–H and O–H groups in total. The Bertz CT molecular complexity index is 823. The first-order valence-electron chi connectivity index (χ1n) is 19.2. The summed E-state index contributed by atoms with van der Waals surface area (Å²) in [6, 6.07) is -0.654. The highest BCUT2D eigenvalue weighted by atomic mass is 16.3. The smallest absolute Gasteiger partial charge is 0.220 e. The molecule has 0 bridgehead atoms. The summed E-state index contributed by atoms with van der Waals surface area (Å²) in [5.41, 5.74) is 0. The van der Waals surface area contributed by atoms with Gasteiger partial charge < -0.3 is 15.5 Å². The molecule has 264 valence electrons. The van der Waals surface area contributed by atoms with Gasteiger partial charge in [-0.05, 0) is 83.5 Å². The molecule has 0 rings (SSSR count). The zero-order chi connectivity index (χ0) is 33.6. The minimum atomic E-state index is -0.877. The third kappa shape index (κ3) is 33.2. The molecule has 0 radical (unpaired) electrons. The van der Waals surface area contributed by atoms with E-state index in [0.717, 1.165) is 64.2 Å². The van der Waals surface area contributed by atoms with Crippen LogP contribution in [0.4, 0.5) is 0 Å². The number of amides is 1. The first kappa shape index (κ1) is 43.8. The summed E-state index contributed by atoms with van der Waals surface area (Å²) in [4.78, 5) is 12.3. The predicted molar refractivity (Wildman–Crippen MR) is 202 cm³/mol. The molecule has 0 aliphatic rings. The topological polar surface area (TPSA) is 69.6 Å². The van der Waals surface area contributed by atoms with E-state index >= 15 is 0 Å². The molecule has 0 aromatic heterocycles. The molecular weight excluding hydrogens is 566 g/mol. The maximum atomic E-state index is 12.3. The molecule has 1 amide bonds. The summed E-state index contributed by atoms with van der Waals surface area (Å²) in [7, 11) is 0. The molecule has 0 saturated heterocycles. The van der Waals surface area contributed by atoms with Gasteiger partial charge in [0.15, 0.2) is 0 Å². The predicted octanol–water partition coefficient (Wildman–Crippen LogP) is 11.6. The van der Waals surface area contributed by atoms with Crippen molar-refractivity contribution in [3.05, 3.63) is 72.9 Å². The Balaban J connectivity index is 3.73. The van der Waals surface area contributed by atoms with E-state index in [1.54, 1.807) is 6.08 Å². The van der Waals surface area contributed by atoms with Crippen molar-refractivity contribution >= 4 is 5.91 Å². The van der Waals surface area contributed by atoms with Gasteiger partial charge in [0.25, 0.3) is 0 Å². The molecule has 4 heteroatoms. The fourth-order valence-corrected chi connectivity index (χ4v) is 5.15. The zero-order valence-electron chi connectivity index (χ0n) is 30.1. The first-order chi connectivity index (χ1) is 22.7. The van der Waals surface area contributed by atoms with E-state index in [1.807, 2.05) is 6.08 Å². The standard InChI is InChI=1S/C42H73NO3/c1-3-5-7-9-11-13-15-17-18-19-20-21-22-23-24-26-28-30-32-34-36-38-42(46)43-40(39-44)41(45)37-35-33-31-29-27-25-16-14-12-10-8-6-4-2/h12,14-15,17,19-20,22-23,27,29,35,37,40-41,44-45H,3-11,13,16,18,21,24-26,28,30-34,36,38-39H2,1-2H3,(H,43,46)/b14-12+,17-15-,20-19-,23-22-,29-27+,37-35+. The summed E-state index contributed by atoms with van der Waals surface area (Å²) in [6.45, 7) is 4.22. The van der Waals surface area contributed by atoms with Crippen molar-refractivity contribution in [2.45, 2.75) is 180 Å². The highest BCUT2D eigenvalue weighted by Crippen LogP contribution is 2.10. The molecular formula is C42H73NO3. The molecule has 0 aromatic rings. The lowest BCUT2D eigenvalue weighted by Crippen LogP contribution is -2.45. The van der Waals surface area contributed by atoms with Crippen LogP contribution >= 0.6 is 0 Å². The number of unbranched alkanes of at least 4 members (excludes halogenated alkanes) is 16. The maximum absolute atomic E-state index is 12.3. The van der Waals surface area contributed by atoms with E-state index in [9.17, 15) is 15.0 Å². The Kier molecular flexibility index (Phi) is 35.5. The van der Waals surface area contributed by atoms with Crippen molar-refractivity contribution in [1.82, 2.24) is 5.32 Å². The average molecular weight is 640 g/mol. The molecule has 2 unspecified atom stereocenters. The number of carbonyl (C=O) groups excluding carboxylic acids is 1. The van der Waals surface area contributed by atoms with Crippen LogP contribution in [0.1, 0.15) is 168 Å². The minimum Gasteiger partial charge on any atom is -0.394 e. The normalized spacial score (nSPS) is 13.9. The van der Waals surface area contributed by atoms with Gasteiger partial charge >= 0.3 is 0 Å². The van der Waals surface area contributed by atoms with E-state index in [4.69, 9.17) is 0 Å².